The minimum Gasteiger partial charge on any atom is -0.383 e. The summed E-state index contributed by atoms with van der Waals surface area (Å²) in [7, 11) is 0. The first-order chi connectivity index (χ1) is 6.66. The molecular formula is C11H17N3. The summed E-state index contributed by atoms with van der Waals surface area (Å²) in [5.41, 5.74) is 6.74. The Morgan fingerprint density at radius 1 is 1.43 bits per heavy atom. The monoisotopic (exact) mass is 191 g/mol. The molecular weight excluding hydrogens is 174 g/mol. The van der Waals surface area contributed by atoms with Crippen LogP contribution in [-0.2, 0) is 0 Å². The lowest BCUT2D eigenvalue weighted by Crippen LogP contribution is -2.05. The van der Waals surface area contributed by atoms with Crippen LogP contribution in [0.5, 0.6) is 0 Å². The van der Waals surface area contributed by atoms with Crippen molar-refractivity contribution in [1.82, 2.24) is 9.97 Å². The third kappa shape index (κ3) is 1.72. The molecule has 1 aliphatic rings. The van der Waals surface area contributed by atoms with Gasteiger partial charge in [-0.3, -0.25) is 0 Å². The van der Waals surface area contributed by atoms with Gasteiger partial charge in [-0.15, -0.1) is 0 Å². The minimum atomic E-state index is 0.535. The molecule has 0 saturated heterocycles. The van der Waals surface area contributed by atoms with Crippen LogP contribution in [0.4, 0.5) is 5.82 Å². The molecule has 2 rings (SSSR count). The number of rotatable bonds is 1. The maximum atomic E-state index is 5.77. The van der Waals surface area contributed by atoms with Gasteiger partial charge in [-0.05, 0) is 32.1 Å². The molecule has 2 atom stereocenters. The molecule has 3 nitrogen and oxygen atoms in total. The Hall–Kier alpha value is -1.12. The lowest BCUT2D eigenvalue weighted by atomic mass is 10.1. The summed E-state index contributed by atoms with van der Waals surface area (Å²) >= 11 is 0. The van der Waals surface area contributed by atoms with Crippen molar-refractivity contribution in [1.29, 1.82) is 0 Å². The van der Waals surface area contributed by atoms with Crippen molar-refractivity contribution in [2.24, 2.45) is 5.92 Å². The van der Waals surface area contributed by atoms with Gasteiger partial charge < -0.3 is 5.73 Å². The maximum absolute atomic E-state index is 5.77. The molecule has 1 aromatic heterocycles. The molecule has 1 aromatic rings. The molecule has 76 valence electrons. The molecule has 0 amide bonds. The Morgan fingerprint density at radius 2 is 2.21 bits per heavy atom. The first-order valence-corrected chi connectivity index (χ1v) is 5.26. The predicted molar refractivity (Wildman–Crippen MR) is 56.9 cm³/mol. The second-order valence-electron chi connectivity index (χ2n) is 4.41. The summed E-state index contributed by atoms with van der Waals surface area (Å²) in [6.45, 7) is 4.23. The van der Waals surface area contributed by atoms with E-state index < -0.39 is 0 Å². The zero-order chi connectivity index (χ0) is 10.1. The topological polar surface area (TPSA) is 51.8 Å². The lowest BCUT2D eigenvalue weighted by molar-refractivity contribution is 0.585. The molecule has 3 heteroatoms. The Kier molecular flexibility index (Phi) is 2.40. The number of anilines is 1. The highest BCUT2D eigenvalue weighted by molar-refractivity contribution is 5.36. The van der Waals surface area contributed by atoms with Gasteiger partial charge in [0.05, 0.1) is 0 Å². The standard InChI is InChI=1S/C11H17N3/c1-7-3-4-9(5-7)11-13-6-8(2)10(12)14-11/h6-7,9H,3-5H2,1-2H3,(H2,12,13,14). The number of nitrogens with zero attached hydrogens (tertiary/aromatic N) is 2. The average molecular weight is 191 g/mol. The van der Waals surface area contributed by atoms with Crippen LogP contribution in [-0.4, -0.2) is 9.97 Å². The van der Waals surface area contributed by atoms with E-state index >= 15 is 0 Å². The number of hydrogen-bond donors (Lipinski definition) is 1. The first-order valence-electron chi connectivity index (χ1n) is 5.26. The molecule has 2 unspecified atom stereocenters. The molecule has 2 N–H and O–H groups in total. The van der Waals surface area contributed by atoms with E-state index in [-0.39, 0.29) is 0 Å². The van der Waals surface area contributed by atoms with Crippen LogP contribution in [0.15, 0.2) is 6.20 Å². The maximum Gasteiger partial charge on any atom is 0.133 e. The molecule has 14 heavy (non-hydrogen) atoms. The number of nitrogen functional groups attached to an aromatic ring is 1. The van der Waals surface area contributed by atoms with E-state index in [0.717, 1.165) is 17.3 Å². The van der Waals surface area contributed by atoms with Crippen LogP contribution >= 0.6 is 0 Å². The van der Waals surface area contributed by atoms with E-state index in [1.54, 1.807) is 0 Å². The Balaban J connectivity index is 2.20. The Morgan fingerprint density at radius 3 is 2.79 bits per heavy atom. The number of aromatic nitrogens is 2. The van der Waals surface area contributed by atoms with E-state index in [2.05, 4.69) is 16.9 Å². The Labute approximate surface area is 84.8 Å². The van der Waals surface area contributed by atoms with Gasteiger partial charge in [0.25, 0.3) is 0 Å². The highest BCUT2D eigenvalue weighted by Gasteiger charge is 2.24. The number of nitrogens with two attached hydrogens (primary N) is 1. The van der Waals surface area contributed by atoms with Gasteiger partial charge in [-0.25, -0.2) is 9.97 Å². The van der Waals surface area contributed by atoms with Crippen LogP contribution in [0.2, 0.25) is 0 Å². The quantitative estimate of drug-likeness (QED) is 0.740. The minimum absolute atomic E-state index is 0.535. The summed E-state index contributed by atoms with van der Waals surface area (Å²) < 4.78 is 0. The van der Waals surface area contributed by atoms with Crippen molar-refractivity contribution in [3.05, 3.63) is 17.6 Å². The largest absolute Gasteiger partial charge is 0.383 e. The van der Waals surface area contributed by atoms with Crippen molar-refractivity contribution >= 4 is 5.82 Å². The predicted octanol–water partition coefficient (Wildman–Crippen LogP) is 2.27. The highest BCUT2D eigenvalue weighted by Crippen LogP contribution is 2.36. The second-order valence-corrected chi connectivity index (χ2v) is 4.41. The summed E-state index contributed by atoms with van der Waals surface area (Å²) in [5.74, 6) is 2.92. The van der Waals surface area contributed by atoms with Crippen LogP contribution in [0.25, 0.3) is 0 Å². The molecule has 0 spiro atoms. The molecule has 1 fully saturated rings. The van der Waals surface area contributed by atoms with Gasteiger partial charge >= 0.3 is 0 Å². The third-order valence-corrected chi connectivity index (χ3v) is 3.09. The smallest absolute Gasteiger partial charge is 0.133 e. The van der Waals surface area contributed by atoms with Gasteiger partial charge in [0.1, 0.15) is 11.6 Å². The average Bonchev–Trinajstić information content (AvgIpc) is 2.57. The van der Waals surface area contributed by atoms with Crippen LogP contribution < -0.4 is 5.73 Å². The van der Waals surface area contributed by atoms with Gasteiger partial charge in [-0.2, -0.15) is 0 Å². The fourth-order valence-corrected chi connectivity index (χ4v) is 2.11. The zero-order valence-corrected chi connectivity index (χ0v) is 8.83. The van der Waals surface area contributed by atoms with E-state index in [1.165, 1.54) is 19.3 Å². The van der Waals surface area contributed by atoms with Crippen LogP contribution in [0.3, 0.4) is 0 Å². The lowest BCUT2D eigenvalue weighted by Gasteiger charge is -2.09. The molecule has 0 radical (unpaired) electrons. The van der Waals surface area contributed by atoms with Crippen molar-refractivity contribution in [3.63, 3.8) is 0 Å². The van der Waals surface area contributed by atoms with Crippen molar-refractivity contribution < 1.29 is 0 Å². The summed E-state index contributed by atoms with van der Waals surface area (Å²) in [5, 5.41) is 0. The fraction of sp³-hybridized carbons (Fsp3) is 0.636. The van der Waals surface area contributed by atoms with E-state index in [9.17, 15) is 0 Å². The molecule has 1 aliphatic carbocycles. The molecule has 0 aliphatic heterocycles. The van der Waals surface area contributed by atoms with Crippen molar-refractivity contribution in [3.8, 4) is 0 Å². The zero-order valence-electron chi connectivity index (χ0n) is 8.83. The molecule has 0 bridgehead atoms. The van der Waals surface area contributed by atoms with Gasteiger partial charge in [0.2, 0.25) is 0 Å². The second kappa shape index (κ2) is 3.56. The van der Waals surface area contributed by atoms with E-state index in [4.69, 9.17) is 5.73 Å². The number of aryl methyl sites for hydroxylation is 1. The number of hydrogen-bond acceptors (Lipinski definition) is 3. The highest BCUT2D eigenvalue weighted by atomic mass is 14.9. The summed E-state index contributed by atoms with van der Waals surface area (Å²) in [6, 6.07) is 0. The van der Waals surface area contributed by atoms with Gasteiger partial charge in [-0.1, -0.05) is 6.92 Å². The van der Waals surface area contributed by atoms with E-state index in [0.29, 0.717) is 11.7 Å². The summed E-state index contributed by atoms with van der Waals surface area (Å²) in [6.07, 6.45) is 5.55. The normalized spacial score (nSPS) is 26.7. The van der Waals surface area contributed by atoms with Gasteiger partial charge in [0, 0.05) is 17.7 Å². The Bertz CT molecular complexity index is 335. The molecule has 1 saturated carbocycles. The SMILES string of the molecule is Cc1cnc(C2CCC(C)C2)nc1N. The van der Waals surface area contributed by atoms with Crippen molar-refractivity contribution in [2.75, 3.05) is 5.73 Å². The fourth-order valence-electron chi connectivity index (χ4n) is 2.11. The van der Waals surface area contributed by atoms with Gasteiger partial charge in [0.15, 0.2) is 0 Å². The van der Waals surface area contributed by atoms with Crippen LogP contribution in [0.1, 0.15) is 43.5 Å². The third-order valence-electron chi connectivity index (χ3n) is 3.09. The summed E-state index contributed by atoms with van der Waals surface area (Å²) in [4.78, 5) is 8.72. The molecule has 1 heterocycles. The van der Waals surface area contributed by atoms with Crippen LogP contribution in [0, 0.1) is 12.8 Å². The first kappa shape index (κ1) is 9.44. The van der Waals surface area contributed by atoms with E-state index in [1.807, 2.05) is 13.1 Å². The molecule has 0 aromatic carbocycles. The van der Waals surface area contributed by atoms with Crippen molar-refractivity contribution in [2.45, 2.75) is 39.0 Å².